The maximum Gasteiger partial charge on any atom is 0.0958 e. The van der Waals surface area contributed by atoms with Crippen LogP contribution in [0.1, 0.15) is 36.8 Å². The summed E-state index contributed by atoms with van der Waals surface area (Å²) < 4.78 is 9.84. The topological polar surface area (TPSA) is 30.3 Å². The van der Waals surface area contributed by atoms with Crippen LogP contribution in [-0.2, 0) is 23.3 Å². The third kappa shape index (κ3) is 4.20. The fourth-order valence-corrected chi connectivity index (χ4v) is 5.24. The third-order valence-electron chi connectivity index (χ3n) is 6.89. The van der Waals surface area contributed by atoms with Gasteiger partial charge in [0, 0.05) is 22.0 Å². The number of imidazole rings is 1. The molecule has 5 heteroatoms. The van der Waals surface area contributed by atoms with Gasteiger partial charge in [-0.1, -0.05) is 46.3 Å². The zero-order valence-corrected chi connectivity index (χ0v) is 19.3. The van der Waals surface area contributed by atoms with Crippen molar-refractivity contribution in [3.8, 4) is 0 Å². The predicted octanol–water partition coefficient (Wildman–Crippen LogP) is 5.39. The van der Waals surface area contributed by atoms with E-state index in [4.69, 9.17) is 9.72 Å². The number of rotatable bonds is 7. The number of fused-ring (bicyclic) bond motifs is 1. The lowest BCUT2D eigenvalue weighted by molar-refractivity contribution is 0.0411. The van der Waals surface area contributed by atoms with E-state index >= 15 is 0 Å². The van der Waals surface area contributed by atoms with Crippen LogP contribution in [0, 0.1) is 5.92 Å². The van der Waals surface area contributed by atoms with Crippen molar-refractivity contribution in [1.29, 1.82) is 0 Å². The first kappa shape index (κ1) is 20.2. The highest BCUT2D eigenvalue weighted by molar-refractivity contribution is 9.10. The van der Waals surface area contributed by atoms with E-state index < -0.39 is 0 Å². The van der Waals surface area contributed by atoms with E-state index in [1.165, 1.54) is 29.5 Å². The van der Waals surface area contributed by atoms with Crippen molar-refractivity contribution in [1.82, 2.24) is 14.5 Å². The molecule has 0 amide bonds. The molecule has 0 bridgehead atoms. The molecule has 2 aliphatic rings. The zero-order chi connectivity index (χ0) is 20.6. The summed E-state index contributed by atoms with van der Waals surface area (Å²) in [5.74, 6) is 0.830. The summed E-state index contributed by atoms with van der Waals surface area (Å²) >= 11 is 3.70. The molecule has 1 aliphatic heterocycles. The van der Waals surface area contributed by atoms with Crippen molar-refractivity contribution < 1.29 is 4.74 Å². The fraction of sp³-hybridized carbons (Fsp3) is 0.480. The van der Waals surface area contributed by atoms with Gasteiger partial charge in [0.05, 0.1) is 30.6 Å². The SMILES string of the molecule is CN1CCC(COCc2cc(Br)cc3c2ncn3CC2CC2)(c2ccccc2)CC1. The molecule has 1 aliphatic carbocycles. The molecule has 0 N–H and O–H groups in total. The maximum absolute atomic E-state index is 6.43. The fourth-order valence-electron chi connectivity index (χ4n) is 4.74. The van der Waals surface area contributed by atoms with Gasteiger partial charge in [0.1, 0.15) is 0 Å². The zero-order valence-electron chi connectivity index (χ0n) is 17.7. The van der Waals surface area contributed by atoms with Crippen molar-refractivity contribution >= 4 is 27.0 Å². The number of likely N-dealkylation sites (tertiary alicyclic amines) is 1. The van der Waals surface area contributed by atoms with Crippen LogP contribution in [0.25, 0.3) is 11.0 Å². The van der Waals surface area contributed by atoms with Gasteiger partial charge in [-0.25, -0.2) is 4.98 Å². The van der Waals surface area contributed by atoms with Crippen LogP contribution in [0.3, 0.4) is 0 Å². The van der Waals surface area contributed by atoms with Gasteiger partial charge in [0.2, 0.25) is 0 Å². The predicted molar refractivity (Wildman–Crippen MR) is 125 cm³/mol. The largest absolute Gasteiger partial charge is 0.376 e. The number of benzene rings is 2. The molecular weight excluding hydrogens is 438 g/mol. The van der Waals surface area contributed by atoms with E-state index in [1.54, 1.807) is 0 Å². The Bertz CT molecular complexity index is 1000. The van der Waals surface area contributed by atoms with Gasteiger partial charge in [-0.05, 0) is 69.4 Å². The van der Waals surface area contributed by atoms with Crippen LogP contribution < -0.4 is 0 Å². The highest BCUT2D eigenvalue weighted by Crippen LogP contribution is 2.36. The minimum absolute atomic E-state index is 0.101. The summed E-state index contributed by atoms with van der Waals surface area (Å²) in [6.07, 6.45) is 6.97. The van der Waals surface area contributed by atoms with E-state index in [-0.39, 0.29) is 5.41 Å². The Labute approximate surface area is 187 Å². The lowest BCUT2D eigenvalue weighted by Gasteiger charge is -2.41. The molecule has 0 unspecified atom stereocenters. The first-order valence-corrected chi connectivity index (χ1v) is 11.9. The average molecular weight is 468 g/mol. The summed E-state index contributed by atoms with van der Waals surface area (Å²) in [6, 6.07) is 15.3. The van der Waals surface area contributed by atoms with Gasteiger partial charge < -0.3 is 14.2 Å². The summed E-state index contributed by atoms with van der Waals surface area (Å²) in [7, 11) is 2.21. The number of hydrogen-bond acceptors (Lipinski definition) is 3. The standard InChI is InChI=1S/C25H30BrN3O/c1-28-11-9-25(10-12-28,21-5-3-2-4-6-21)17-30-16-20-13-22(26)14-23-24(20)27-18-29(23)15-19-7-8-19/h2-6,13-14,18-19H,7-12,15-17H2,1H3. The summed E-state index contributed by atoms with van der Waals surface area (Å²) in [4.78, 5) is 7.17. The molecule has 0 spiro atoms. The number of aromatic nitrogens is 2. The van der Waals surface area contributed by atoms with Crippen molar-refractivity contribution in [3.05, 3.63) is 64.4 Å². The molecule has 158 valence electrons. The summed E-state index contributed by atoms with van der Waals surface area (Å²) in [6.45, 7) is 4.66. The van der Waals surface area contributed by atoms with E-state index in [2.05, 4.69) is 74.9 Å². The van der Waals surface area contributed by atoms with Gasteiger partial charge in [0.25, 0.3) is 0 Å². The summed E-state index contributed by atoms with van der Waals surface area (Å²) in [5, 5.41) is 0. The molecule has 4 nitrogen and oxygen atoms in total. The quantitative estimate of drug-likeness (QED) is 0.466. The van der Waals surface area contributed by atoms with Crippen LogP contribution in [0.15, 0.2) is 53.3 Å². The molecule has 2 aromatic carbocycles. The molecule has 5 rings (SSSR count). The number of ether oxygens (including phenoxy) is 1. The lowest BCUT2D eigenvalue weighted by atomic mass is 9.73. The van der Waals surface area contributed by atoms with Crippen LogP contribution >= 0.6 is 15.9 Å². The van der Waals surface area contributed by atoms with Crippen LogP contribution in [0.5, 0.6) is 0 Å². The van der Waals surface area contributed by atoms with E-state index in [1.807, 2.05) is 6.33 Å². The Kier molecular flexibility index (Phi) is 5.69. The third-order valence-corrected chi connectivity index (χ3v) is 7.35. The highest BCUT2D eigenvalue weighted by Gasteiger charge is 2.35. The Balaban J connectivity index is 1.35. The molecule has 2 heterocycles. The molecule has 1 saturated heterocycles. The second-order valence-electron chi connectivity index (χ2n) is 9.22. The van der Waals surface area contributed by atoms with Crippen molar-refractivity contribution in [2.75, 3.05) is 26.7 Å². The molecule has 30 heavy (non-hydrogen) atoms. The Morgan fingerprint density at radius 1 is 1.13 bits per heavy atom. The Morgan fingerprint density at radius 2 is 1.90 bits per heavy atom. The normalized spacial score (nSPS) is 19.4. The number of nitrogens with zero attached hydrogens (tertiary/aromatic N) is 3. The van der Waals surface area contributed by atoms with E-state index in [9.17, 15) is 0 Å². The maximum atomic E-state index is 6.43. The minimum Gasteiger partial charge on any atom is -0.376 e. The second kappa shape index (κ2) is 8.45. The van der Waals surface area contributed by atoms with Crippen LogP contribution in [0.4, 0.5) is 0 Å². The van der Waals surface area contributed by atoms with Gasteiger partial charge in [-0.3, -0.25) is 0 Å². The first-order valence-electron chi connectivity index (χ1n) is 11.1. The van der Waals surface area contributed by atoms with Crippen LogP contribution in [-0.4, -0.2) is 41.2 Å². The van der Waals surface area contributed by atoms with Crippen molar-refractivity contribution in [3.63, 3.8) is 0 Å². The van der Waals surface area contributed by atoms with Gasteiger partial charge >= 0.3 is 0 Å². The average Bonchev–Trinajstić information content (AvgIpc) is 3.49. The number of piperidine rings is 1. The molecule has 1 aromatic heterocycles. The monoisotopic (exact) mass is 467 g/mol. The van der Waals surface area contributed by atoms with E-state index in [0.717, 1.165) is 55.0 Å². The van der Waals surface area contributed by atoms with Crippen LogP contribution in [0.2, 0.25) is 0 Å². The van der Waals surface area contributed by atoms with Gasteiger partial charge in [-0.15, -0.1) is 0 Å². The molecule has 1 saturated carbocycles. The van der Waals surface area contributed by atoms with Crippen molar-refractivity contribution in [2.45, 2.75) is 44.2 Å². The molecule has 0 radical (unpaired) electrons. The minimum atomic E-state index is 0.101. The van der Waals surface area contributed by atoms with Gasteiger partial charge in [-0.2, -0.15) is 0 Å². The van der Waals surface area contributed by atoms with Gasteiger partial charge in [0.15, 0.2) is 0 Å². The van der Waals surface area contributed by atoms with E-state index in [0.29, 0.717) is 6.61 Å². The lowest BCUT2D eigenvalue weighted by Crippen LogP contribution is -2.43. The number of hydrogen-bond donors (Lipinski definition) is 0. The smallest absolute Gasteiger partial charge is 0.0958 e. The molecule has 0 atom stereocenters. The molecule has 2 fully saturated rings. The van der Waals surface area contributed by atoms with Crippen molar-refractivity contribution in [2.24, 2.45) is 5.92 Å². The number of halogens is 1. The Hall–Kier alpha value is -1.69. The molecule has 3 aromatic rings. The second-order valence-corrected chi connectivity index (χ2v) is 10.1. The Morgan fingerprint density at radius 3 is 2.63 bits per heavy atom. The highest BCUT2D eigenvalue weighted by atomic mass is 79.9. The first-order chi connectivity index (χ1) is 14.6. The summed E-state index contributed by atoms with van der Waals surface area (Å²) in [5.41, 5.74) is 4.98. The molecular formula is C25H30BrN3O.